The molecular weight excluding hydrogens is 1920 g/mol. The highest BCUT2D eigenvalue weighted by atomic mass is 35.5. The topological polar surface area (TPSA) is 543 Å². The van der Waals surface area contributed by atoms with E-state index in [1.807, 2.05) is 43.4 Å². The maximum absolute atomic E-state index is 12.9. The molecule has 0 unspecified atom stereocenters. The highest BCUT2D eigenvalue weighted by molar-refractivity contribution is 6.36. The summed E-state index contributed by atoms with van der Waals surface area (Å²) in [6.45, 7) is 8.40. The average Bonchev–Trinajstić information content (AvgIpc) is 1.72. The summed E-state index contributed by atoms with van der Waals surface area (Å²) in [5.74, 6) is -8.15. The number of ether oxygens (including phenoxy) is 8. The van der Waals surface area contributed by atoms with Gasteiger partial charge in [-0.15, -0.1) is 0 Å². The molecule has 0 bridgehead atoms. The Balaban J connectivity index is 0.000000167. The lowest BCUT2D eigenvalue weighted by Gasteiger charge is -2.17. The number of epoxide rings is 2. The maximum Gasteiger partial charge on any atom is 0.342 e. The SMILES string of the molecule is COC(=O)c1c(O)cc(O)c(Cl)c1CCC(=O)CC1=CC(=O)C(OC)=CC1=O.C[C@@H]1C[C@H]2C[C@@H]2/C=C\C=C\C(=NO)Cc2c(Cl)c(O)cc(O)c2C(=O)O1.C[C@@H]1C[C@H]2C[C@@H]2/C=C\C=C\C(=O)Cc2c(Cl)c(O)cc(O)c2C(=O)O1.C[C@@H]1C[C@H]2O[C@@H]2/C=C\C=C\C(=NO)Cc2c(Cl)c(O)cc(O)c2C(=O)O1.C[C@@H]1C[C@H]2O[C@@H]2/C=C\C=C\C(=NOCCN2CCCC2=O)Cc2c(Cl)c(O)cc(O)c2C(=O)O1. The first kappa shape index (κ1) is 106. The highest BCUT2D eigenvalue weighted by Gasteiger charge is 2.43. The minimum atomic E-state index is -0.880. The van der Waals surface area contributed by atoms with Gasteiger partial charge in [0.1, 0.15) is 122 Å². The number of hydrogen-bond acceptors (Lipinski definition) is 34. The third-order valence-electron chi connectivity index (χ3n) is 23.4. The third kappa shape index (κ3) is 28.4. The number of phenolic OH excluding ortho intramolecular Hbond substituents is 10. The number of fused-ring (bicyclic) bond motifs is 8. The lowest BCUT2D eigenvalue weighted by molar-refractivity contribution is -0.128. The van der Waals surface area contributed by atoms with Gasteiger partial charge in [0.05, 0.1) is 87.4 Å². The van der Waals surface area contributed by atoms with Gasteiger partial charge in [0.15, 0.2) is 17.3 Å². The van der Waals surface area contributed by atoms with Gasteiger partial charge < -0.3 is 109 Å². The van der Waals surface area contributed by atoms with E-state index in [-0.39, 0.29) is 221 Å². The summed E-state index contributed by atoms with van der Waals surface area (Å²) in [6, 6.07) is 4.87. The molecular formula is C99H101Cl5N4O31. The predicted molar refractivity (Wildman–Crippen MR) is 505 cm³/mol. The van der Waals surface area contributed by atoms with Crippen LogP contribution in [0.5, 0.6) is 57.5 Å². The number of hydrogen-bond donors (Lipinski definition) is 12. The van der Waals surface area contributed by atoms with Crippen LogP contribution >= 0.6 is 58.0 Å². The van der Waals surface area contributed by atoms with Crippen LogP contribution in [0.25, 0.3) is 0 Å². The van der Waals surface area contributed by atoms with Crippen molar-refractivity contribution in [2.24, 2.45) is 39.1 Å². The Hall–Kier alpha value is -13.4. The quantitative estimate of drug-likeness (QED) is 0.0111. The Morgan fingerprint density at radius 3 is 1.27 bits per heavy atom. The Morgan fingerprint density at radius 2 is 0.856 bits per heavy atom. The zero-order valence-corrected chi connectivity index (χ0v) is 79.5. The predicted octanol–water partition coefficient (Wildman–Crippen LogP) is 15.5. The van der Waals surface area contributed by atoms with E-state index in [4.69, 9.17) is 96.0 Å². The third-order valence-corrected chi connectivity index (χ3v) is 25.5. The van der Waals surface area contributed by atoms with Gasteiger partial charge in [-0.3, -0.25) is 24.0 Å². The average molecular weight is 2020 g/mol. The number of rotatable bonds is 11. The normalized spacial score (nSPS) is 26.0. The fraction of sp³-hybridized carbons (Fsp3) is 0.364. The van der Waals surface area contributed by atoms with Crippen molar-refractivity contribution in [1.29, 1.82) is 0 Å². The van der Waals surface area contributed by atoms with E-state index in [2.05, 4.69) is 26.3 Å². The molecule has 5 fully saturated rings. The van der Waals surface area contributed by atoms with Crippen molar-refractivity contribution < 1.29 is 152 Å². The second kappa shape index (κ2) is 48.2. The number of phenols is 10. The Morgan fingerprint density at radius 1 is 0.460 bits per heavy atom. The van der Waals surface area contributed by atoms with Crippen molar-refractivity contribution in [2.75, 3.05) is 33.9 Å². The number of benzene rings is 5. The molecule has 7 heterocycles. The fourth-order valence-corrected chi connectivity index (χ4v) is 17.2. The first-order chi connectivity index (χ1) is 66.2. The minimum Gasteiger partial charge on any atom is -0.507 e. The number of cyclic esters (lactones) is 4. The molecule has 12 atom stereocenters. The first-order valence-electron chi connectivity index (χ1n) is 44.0. The minimum absolute atomic E-state index is 0.0187. The van der Waals surface area contributed by atoms with Gasteiger partial charge in [0.25, 0.3) is 0 Å². The number of likely N-dealkylation sites (tertiary alicyclic amines) is 1. The molecule has 139 heavy (non-hydrogen) atoms. The largest absolute Gasteiger partial charge is 0.507 e. The number of nitrogens with zero attached hydrogens (tertiary/aromatic N) is 4. The van der Waals surface area contributed by atoms with E-state index in [0.717, 1.165) is 81.7 Å². The highest BCUT2D eigenvalue weighted by Crippen LogP contribution is 2.48. The van der Waals surface area contributed by atoms with Crippen molar-refractivity contribution >= 4 is 134 Å². The van der Waals surface area contributed by atoms with Gasteiger partial charge in [-0.05, 0) is 143 Å². The van der Waals surface area contributed by atoms with Gasteiger partial charge in [-0.1, -0.05) is 146 Å². The Labute approximate surface area is 821 Å². The molecule has 7 aliphatic heterocycles. The molecule has 12 N–H and O–H groups in total. The monoisotopic (exact) mass is 2020 g/mol. The maximum atomic E-state index is 12.9. The van der Waals surface area contributed by atoms with Gasteiger partial charge >= 0.3 is 29.8 Å². The van der Waals surface area contributed by atoms with E-state index in [9.17, 15) is 109 Å². The Bertz CT molecular complexity index is 5920. The molecule has 1 amide bonds. The number of ketones is 4. The van der Waals surface area contributed by atoms with E-state index in [1.165, 1.54) is 19.3 Å². The number of allylic oxidation sites excluding steroid dienone is 17. The molecule has 0 radical (unpaired) electrons. The molecule has 3 aliphatic carbocycles. The van der Waals surface area contributed by atoms with Crippen LogP contribution in [0.15, 0.2) is 166 Å². The van der Waals surface area contributed by atoms with Gasteiger partial charge in [-0.2, -0.15) is 0 Å². The molecule has 35 nitrogen and oxygen atoms in total. The summed E-state index contributed by atoms with van der Waals surface area (Å²) >= 11 is 30.7. The molecule has 5 aromatic carbocycles. The first-order valence-corrected chi connectivity index (χ1v) is 45.9. The number of Topliss-reactive ketones (excluding diaryl/α,β-unsaturated/α-hetero) is 1. The number of carbonyl (C=O) groups excluding carboxylic acids is 10. The second-order valence-corrected chi connectivity index (χ2v) is 35.8. The van der Waals surface area contributed by atoms with Crippen LogP contribution in [-0.2, 0) is 98.8 Å². The van der Waals surface area contributed by atoms with Crippen LogP contribution < -0.4 is 0 Å². The van der Waals surface area contributed by atoms with Crippen molar-refractivity contribution in [3.8, 4) is 57.5 Å². The molecule has 3 saturated heterocycles. The number of esters is 5. The number of oxime groups is 3. The molecule has 2 saturated carbocycles. The Kier molecular flexibility index (Phi) is 36.8. The summed E-state index contributed by atoms with van der Waals surface area (Å²) < 4.78 is 42.3. The van der Waals surface area contributed by atoms with Crippen molar-refractivity contribution in [2.45, 2.75) is 173 Å². The van der Waals surface area contributed by atoms with Crippen molar-refractivity contribution in [3.63, 3.8) is 0 Å². The van der Waals surface area contributed by atoms with Crippen LogP contribution in [0.2, 0.25) is 25.1 Å². The smallest absolute Gasteiger partial charge is 0.342 e. The zero-order chi connectivity index (χ0) is 101. The van der Waals surface area contributed by atoms with Crippen LogP contribution in [0.4, 0.5) is 0 Å². The molecule has 15 rings (SSSR count). The molecule has 738 valence electrons. The molecule has 0 spiro atoms. The summed E-state index contributed by atoms with van der Waals surface area (Å²) in [5, 5.41) is 129. The van der Waals surface area contributed by atoms with Crippen molar-refractivity contribution in [3.05, 3.63) is 232 Å². The summed E-state index contributed by atoms with van der Waals surface area (Å²) in [7, 11) is 2.37. The van der Waals surface area contributed by atoms with Crippen LogP contribution in [-0.4, -0.2) is 225 Å². The fourth-order valence-electron chi connectivity index (χ4n) is 16.1. The van der Waals surface area contributed by atoms with Crippen LogP contribution in [0.1, 0.15) is 172 Å². The molecule has 0 aromatic heterocycles. The second-order valence-electron chi connectivity index (χ2n) is 33.9. The number of carbonyl (C=O) groups is 10. The van der Waals surface area contributed by atoms with Crippen molar-refractivity contribution in [1.82, 2.24) is 4.90 Å². The van der Waals surface area contributed by atoms with E-state index in [0.29, 0.717) is 61.7 Å². The van der Waals surface area contributed by atoms with Crippen LogP contribution in [0.3, 0.4) is 0 Å². The standard InChI is InChI=1S/C24H27ClN2O7.C19H20ClNO5.C19H17ClO8.C19H19ClO5.C18H18ClNO6/c1-14-11-20-19(34-20)6-3-2-5-15(26-32-10-9-27-8-4-7-21(27)30)12-16-22(24(31)33-14)17(28)13-18(29)23(16)25;1-10-6-12-7-11(12)4-2-3-5-13(21-25)8-14-17(19(24)26-10)15(22)9-16(23)18(14)20;1-27-16-8-12(22)9(6-13(16)23)5-10(21)3-4-11-17(19(26)28-2)14(24)7-15(25)18(11)20;1-10-6-12-7-11(12)4-2-3-5-13(21)8-14-17(19(24)25-10)15(22)9-16(23)18(14)20;1-9-6-15-14(26-15)5-3-2-4-10(20-24)7-11-16(18(23)25-9)12(21)8-13(22)17(11)19/h2-3,5-6,13-14,19-20,28-29H,4,7-12H2,1H3;2-5,9-12,22-23,25H,6-8H2,1H3;6-8,24-25H,3-5H2,1-2H3;2-5,9-12,22-23H,6-8H2,1H3;2-5,8-9,14-15,21-22,24H,6-7H2,1H3/b5-2+,6-3-,26-15?;4-2-,5-3+,21-13?;;4-2-,5-3+;4-2+,5-3-,20-10?/t14-,19-,20-;10-,11+,12+;;10-,11+,12+;9-,14-,15-/m11.11/s1. The molecule has 5 aromatic rings. The van der Waals surface area contributed by atoms with E-state index in [1.54, 1.807) is 68.2 Å². The zero-order valence-electron chi connectivity index (χ0n) is 75.7. The summed E-state index contributed by atoms with van der Waals surface area (Å²) in [6.07, 6.45) is 33.4. The van der Waals surface area contributed by atoms with Gasteiger partial charge in [-0.25, -0.2) is 24.0 Å². The lowest BCUT2D eigenvalue weighted by Crippen LogP contribution is -2.28. The number of amides is 1. The number of methoxy groups -OCH3 is 2. The summed E-state index contributed by atoms with van der Waals surface area (Å²) in [5.41, 5.74) is 0.461. The van der Waals surface area contributed by atoms with E-state index < -0.39 is 99.7 Å². The molecule has 40 heteroatoms. The van der Waals surface area contributed by atoms with Gasteiger partial charge in [0.2, 0.25) is 11.7 Å². The van der Waals surface area contributed by atoms with Crippen LogP contribution in [0, 0.1) is 23.7 Å². The number of halogens is 5. The lowest BCUT2D eigenvalue weighted by atomic mass is 9.94. The van der Waals surface area contributed by atoms with Gasteiger partial charge in [0, 0.05) is 112 Å². The molecule has 10 aliphatic rings. The van der Waals surface area contributed by atoms with E-state index >= 15 is 0 Å². The number of aromatic hydroxyl groups is 10. The summed E-state index contributed by atoms with van der Waals surface area (Å²) in [4.78, 5) is 130.